The van der Waals surface area contributed by atoms with Gasteiger partial charge in [-0.2, -0.15) is 0 Å². The molecule has 1 atom stereocenters. The molecule has 0 saturated carbocycles. The van der Waals surface area contributed by atoms with Gasteiger partial charge in [0.1, 0.15) is 5.75 Å². The van der Waals surface area contributed by atoms with Crippen molar-refractivity contribution in [1.29, 1.82) is 0 Å². The highest BCUT2D eigenvalue weighted by Crippen LogP contribution is 2.20. The van der Waals surface area contributed by atoms with Crippen molar-refractivity contribution in [3.8, 4) is 5.75 Å². The molecule has 0 heterocycles. The third-order valence-electron chi connectivity index (χ3n) is 2.92. The summed E-state index contributed by atoms with van der Waals surface area (Å²) in [6.45, 7) is 6.95. The van der Waals surface area contributed by atoms with Gasteiger partial charge >= 0.3 is 0 Å². The Morgan fingerprint density at radius 1 is 1.38 bits per heavy atom. The number of halogens is 1. The lowest BCUT2D eigenvalue weighted by atomic mass is 10.0. The van der Waals surface area contributed by atoms with Crippen LogP contribution in [0.3, 0.4) is 0 Å². The monoisotopic (exact) mass is 241 g/mol. The summed E-state index contributed by atoms with van der Waals surface area (Å²) in [5.41, 5.74) is 1.05. The Morgan fingerprint density at radius 3 is 2.56 bits per heavy atom. The molecule has 16 heavy (non-hydrogen) atoms. The van der Waals surface area contributed by atoms with E-state index in [9.17, 15) is 0 Å². The molecule has 1 N–H and O–H groups in total. The highest BCUT2D eigenvalue weighted by Gasteiger charge is 2.23. The Bertz CT molecular complexity index is 336. The number of benzene rings is 1. The first-order valence-corrected chi connectivity index (χ1v) is 5.92. The Labute approximate surface area is 103 Å². The van der Waals surface area contributed by atoms with Crippen molar-refractivity contribution >= 4 is 11.6 Å². The third-order valence-corrected chi connectivity index (χ3v) is 3.47. The van der Waals surface area contributed by atoms with Crippen molar-refractivity contribution in [2.75, 3.05) is 7.11 Å². The van der Waals surface area contributed by atoms with Crippen LogP contribution in [0.2, 0.25) is 0 Å². The molecule has 1 rings (SSSR count). The fraction of sp³-hybridized carbons (Fsp3) is 0.538. The van der Waals surface area contributed by atoms with Crippen molar-refractivity contribution in [2.24, 2.45) is 0 Å². The van der Waals surface area contributed by atoms with Gasteiger partial charge in [-0.1, -0.05) is 18.2 Å². The van der Waals surface area contributed by atoms with Crippen LogP contribution in [-0.2, 0) is 6.54 Å². The summed E-state index contributed by atoms with van der Waals surface area (Å²) in [5, 5.41) is 3.51. The fourth-order valence-corrected chi connectivity index (χ4v) is 1.39. The van der Waals surface area contributed by atoms with Crippen molar-refractivity contribution in [3.63, 3.8) is 0 Å². The maximum atomic E-state index is 6.12. The lowest BCUT2D eigenvalue weighted by Gasteiger charge is -2.29. The summed E-state index contributed by atoms with van der Waals surface area (Å²) in [4.78, 5) is 0. The summed E-state index contributed by atoms with van der Waals surface area (Å²) < 4.78 is 5.30. The number of nitrogens with one attached hydrogen (secondary N) is 1. The van der Waals surface area contributed by atoms with Crippen LogP contribution in [0, 0.1) is 0 Å². The first-order chi connectivity index (χ1) is 7.47. The summed E-state index contributed by atoms with van der Waals surface area (Å²) >= 11 is 6.12. The van der Waals surface area contributed by atoms with E-state index >= 15 is 0 Å². The third kappa shape index (κ3) is 3.39. The number of hydrogen-bond donors (Lipinski definition) is 1. The summed E-state index contributed by atoms with van der Waals surface area (Å²) in [6, 6.07) is 8.00. The van der Waals surface area contributed by atoms with Crippen LogP contribution in [0.4, 0.5) is 0 Å². The average Bonchev–Trinajstić information content (AvgIpc) is 2.26. The van der Waals surface area contributed by atoms with Crippen LogP contribution in [0.15, 0.2) is 24.3 Å². The maximum absolute atomic E-state index is 6.12. The molecular weight excluding hydrogens is 222 g/mol. The standard InChI is InChI=1S/C13H20ClNO/c1-10(14)13(2,3)15-9-11-7-5-6-8-12(11)16-4/h5-8,10,15H,9H2,1-4H3. The molecule has 2 nitrogen and oxygen atoms in total. The zero-order valence-electron chi connectivity index (χ0n) is 10.4. The SMILES string of the molecule is COc1ccccc1CNC(C)(C)C(C)Cl. The van der Waals surface area contributed by atoms with E-state index < -0.39 is 0 Å². The zero-order valence-corrected chi connectivity index (χ0v) is 11.1. The minimum absolute atomic E-state index is 0.0715. The quantitative estimate of drug-likeness (QED) is 0.800. The van der Waals surface area contributed by atoms with Crippen LogP contribution in [0.25, 0.3) is 0 Å². The van der Waals surface area contributed by atoms with E-state index in [0.717, 1.165) is 17.9 Å². The minimum Gasteiger partial charge on any atom is -0.496 e. The Hall–Kier alpha value is -0.730. The highest BCUT2D eigenvalue weighted by atomic mass is 35.5. The van der Waals surface area contributed by atoms with Gasteiger partial charge in [-0.3, -0.25) is 0 Å². The molecule has 90 valence electrons. The van der Waals surface area contributed by atoms with Crippen LogP contribution in [0.5, 0.6) is 5.75 Å². The molecule has 0 amide bonds. The van der Waals surface area contributed by atoms with Gasteiger partial charge in [0.05, 0.1) is 7.11 Å². The largest absolute Gasteiger partial charge is 0.496 e. The molecule has 0 aliphatic heterocycles. The summed E-state index contributed by atoms with van der Waals surface area (Å²) in [6.07, 6.45) is 0. The minimum atomic E-state index is -0.0948. The Kier molecular flexibility index (Phi) is 4.63. The second kappa shape index (κ2) is 5.55. The van der Waals surface area contributed by atoms with E-state index in [0.29, 0.717) is 0 Å². The summed E-state index contributed by atoms with van der Waals surface area (Å²) in [7, 11) is 1.69. The van der Waals surface area contributed by atoms with Crippen LogP contribution >= 0.6 is 11.6 Å². The van der Waals surface area contributed by atoms with E-state index in [1.807, 2.05) is 25.1 Å². The van der Waals surface area contributed by atoms with E-state index in [1.165, 1.54) is 0 Å². The predicted molar refractivity (Wildman–Crippen MR) is 69.2 cm³/mol. The van der Waals surface area contributed by atoms with E-state index in [-0.39, 0.29) is 10.9 Å². The molecule has 0 radical (unpaired) electrons. The number of ether oxygens (including phenoxy) is 1. The summed E-state index contributed by atoms with van der Waals surface area (Å²) in [5.74, 6) is 0.910. The van der Waals surface area contributed by atoms with Gasteiger partial charge in [0.25, 0.3) is 0 Å². The Morgan fingerprint density at radius 2 is 2.00 bits per heavy atom. The van der Waals surface area contributed by atoms with Crippen LogP contribution in [0.1, 0.15) is 26.3 Å². The normalized spacial score (nSPS) is 13.6. The molecule has 0 fully saturated rings. The van der Waals surface area contributed by atoms with Crippen molar-refractivity contribution in [2.45, 2.75) is 38.2 Å². The molecule has 0 aromatic heterocycles. The van der Waals surface area contributed by atoms with Gasteiger partial charge in [0, 0.05) is 23.0 Å². The molecule has 0 aliphatic carbocycles. The van der Waals surface area contributed by atoms with Gasteiger partial charge in [-0.05, 0) is 26.8 Å². The first kappa shape index (κ1) is 13.3. The van der Waals surface area contributed by atoms with E-state index in [1.54, 1.807) is 7.11 Å². The van der Waals surface area contributed by atoms with Crippen LogP contribution < -0.4 is 10.1 Å². The van der Waals surface area contributed by atoms with Gasteiger partial charge in [0.15, 0.2) is 0 Å². The number of methoxy groups -OCH3 is 1. The smallest absolute Gasteiger partial charge is 0.123 e. The molecule has 0 bridgehead atoms. The van der Waals surface area contributed by atoms with Crippen molar-refractivity contribution < 1.29 is 4.74 Å². The van der Waals surface area contributed by atoms with Gasteiger partial charge in [-0.25, -0.2) is 0 Å². The number of hydrogen-bond acceptors (Lipinski definition) is 2. The lowest BCUT2D eigenvalue weighted by molar-refractivity contribution is 0.368. The fourth-order valence-electron chi connectivity index (χ4n) is 1.31. The molecule has 0 aliphatic rings. The number of rotatable bonds is 5. The molecule has 1 aromatic rings. The second-order valence-corrected chi connectivity index (χ2v) is 5.16. The first-order valence-electron chi connectivity index (χ1n) is 5.48. The Balaban J connectivity index is 2.67. The maximum Gasteiger partial charge on any atom is 0.123 e. The average molecular weight is 242 g/mol. The number of alkyl halides is 1. The van der Waals surface area contributed by atoms with Gasteiger partial charge in [-0.15, -0.1) is 11.6 Å². The van der Waals surface area contributed by atoms with Crippen molar-refractivity contribution in [1.82, 2.24) is 5.32 Å². The number of para-hydroxylation sites is 1. The molecule has 0 spiro atoms. The highest BCUT2D eigenvalue weighted by molar-refractivity contribution is 6.21. The molecule has 1 unspecified atom stereocenters. The van der Waals surface area contributed by atoms with E-state index in [2.05, 4.69) is 25.2 Å². The molecule has 0 saturated heterocycles. The second-order valence-electron chi connectivity index (χ2n) is 4.50. The van der Waals surface area contributed by atoms with E-state index in [4.69, 9.17) is 16.3 Å². The van der Waals surface area contributed by atoms with Gasteiger partial charge < -0.3 is 10.1 Å². The van der Waals surface area contributed by atoms with Gasteiger partial charge in [0.2, 0.25) is 0 Å². The topological polar surface area (TPSA) is 21.3 Å². The van der Waals surface area contributed by atoms with Crippen LogP contribution in [-0.4, -0.2) is 18.0 Å². The molecule has 3 heteroatoms. The lowest BCUT2D eigenvalue weighted by Crippen LogP contribution is -2.45. The molecule has 1 aromatic carbocycles. The predicted octanol–water partition coefficient (Wildman–Crippen LogP) is 3.19. The zero-order chi connectivity index (χ0) is 12.2. The van der Waals surface area contributed by atoms with Crippen molar-refractivity contribution in [3.05, 3.63) is 29.8 Å². The molecular formula is C13H20ClNO.